The summed E-state index contributed by atoms with van der Waals surface area (Å²) < 4.78 is 5.74. The average molecular weight is 406 g/mol. The molecule has 144 valence electrons. The van der Waals surface area contributed by atoms with E-state index in [1.54, 1.807) is 42.5 Å². The summed E-state index contributed by atoms with van der Waals surface area (Å²) in [6.45, 7) is 0. The lowest BCUT2D eigenvalue weighted by molar-refractivity contribution is -0.136. The van der Waals surface area contributed by atoms with E-state index in [0.717, 1.165) is 0 Å². The number of fused-ring (bicyclic) bond motifs is 1. The monoisotopic (exact) mass is 405 g/mol. The first kappa shape index (κ1) is 18.8. The second-order valence-corrected chi connectivity index (χ2v) is 6.94. The zero-order valence-electron chi connectivity index (χ0n) is 15.2. The molecule has 0 bridgehead atoms. The third-order valence-corrected chi connectivity index (χ3v) is 4.75. The number of carboxylic acid groups (broad SMARTS) is 1. The summed E-state index contributed by atoms with van der Waals surface area (Å²) in [7, 11) is 0. The highest BCUT2D eigenvalue weighted by Gasteiger charge is 2.21. The Morgan fingerprint density at radius 2 is 1.62 bits per heavy atom. The molecule has 29 heavy (non-hydrogen) atoms. The Morgan fingerprint density at radius 3 is 2.31 bits per heavy atom. The van der Waals surface area contributed by atoms with Crippen LogP contribution in [0.25, 0.3) is 10.9 Å². The van der Waals surface area contributed by atoms with Gasteiger partial charge in [0.05, 0.1) is 12.1 Å². The Labute approximate surface area is 171 Å². The van der Waals surface area contributed by atoms with Crippen LogP contribution in [0.1, 0.15) is 21.6 Å². The van der Waals surface area contributed by atoms with E-state index in [9.17, 15) is 14.7 Å². The number of rotatable bonds is 6. The molecule has 0 amide bonds. The van der Waals surface area contributed by atoms with E-state index in [1.165, 1.54) is 0 Å². The molecule has 1 heterocycles. The molecule has 5 nitrogen and oxygen atoms in total. The van der Waals surface area contributed by atoms with Gasteiger partial charge in [-0.05, 0) is 48.5 Å². The first-order valence-electron chi connectivity index (χ1n) is 8.91. The minimum absolute atomic E-state index is 0.251. The molecule has 1 aromatic heterocycles. The van der Waals surface area contributed by atoms with Gasteiger partial charge in [-0.1, -0.05) is 35.9 Å². The smallest absolute Gasteiger partial charge is 0.307 e. The van der Waals surface area contributed by atoms with E-state index in [0.29, 0.717) is 38.6 Å². The number of H-pyrrole nitrogens is 1. The Bertz CT molecular complexity index is 1200. The van der Waals surface area contributed by atoms with Crippen molar-refractivity contribution in [3.8, 4) is 11.5 Å². The van der Waals surface area contributed by atoms with Crippen LogP contribution in [0.3, 0.4) is 0 Å². The van der Waals surface area contributed by atoms with Crippen molar-refractivity contribution in [1.29, 1.82) is 0 Å². The first-order chi connectivity index (χ1) is 14.0. The lowest BCUT2D eigenvalue weighted by Gasteiger charge is -2.07. The number of ether oxygens (including phenoxy) is 1. The molecule has 0 aliphatic rings. The van der Waals surface area contributed by atoms with Gasteiger partial charge in [-0.2, -0.15) is 0 Å². The van der Waals surface area contributed by atoms with Crippen molar-refractivity contribution < 1.29 is 19.4 Å². The van der Waals surface area contributed by atoms with E-state index in [2.05, 4.69) is 4.98 Å². The maximum atomic E-state index is 13.1. The number of carbonyl (C=O) groups is 2. The van der Waals surface area contributed by atoms with E-state index >= 15 is 0 Å². The highest BCUT2D eigenvalue weighted by atomic mass is 35.5. The van der Waals surface area contributed by atoms with Crippen LogP contribution in [0.5, 0.6) is 11.5 Å². The maximum Gasteiger partial charge on any atom is 0.307 e. The van der Waals surface area contributed by atoms with Crippen molar-refractivity contribution in [1.82, 2.24) is 4.98 Å². The van der Waals surface area contributed by atoms with Crippen molar-refractivity contribution in [2.24, 2.45) is 0 Å². The third kappa shape index (κ3) is 4.00. The number of aliphatic carboxylic acids is 1. The molecule has 0 unspecified atom stereocenters. The number of nitrogens with one attached hydrogen (secondary N) is 1. The highest BCUT2D eigenvalue weighted by molar-refractivity contribution is 6.31. The summed E-state index contributed by atoms with van der Waals surface area (Å²) in [6, 6.07) is 21.1. The zero-order chi connectivity index (χ0) is 20.4. The molecule has 4 aromatic rings. The van der Waals surface area contributed by atoms with Crippen LogP contribution in [-0.4, -0.2) is 21.8 Å². The first-order valence-corrected chi connectivity index (χ1v) is 9.28. The largest absolute Gasteiger partial charge is 0.481 e. The Morgan fingerprint density at radius 1 is 0.931 bits per heavy atom. The molecular formula is C23H16ClNO4. The second-order valence-electron chi connectivity index (χ2n) is 6.51. The fourth-order valence-corrected chi connectivity index (χ4v) is 3.37. The Balaban J connectivity index is 1.67. The van der Waals surface area contributed by atoms with E-state index < -0.39 is 5.97 Å². The van der Waals surface area contributed by atoms with Gasteiger partial charge in [0.15, 0.2) is 0 Å². The predicted molar refractivity (Wildman–Crippen MR) is 111 cm³/mol. The van der Waals surface area contributed by atoms with Gasteiger partial charge in [-0.15, -0.1) is 0 Å². The standard InChI is InChI=1S/C23H16ClNO4/c24-15-8-11-18-19(13-21(26)27)22(25-20(18)12-15)23(28)14-6-9-17(10-7-14)29-16-4-2-1-3-5-16/h1-12,25H,13H2,(H,26,27). The number of benzene rings is 3. The van der Waals surface area contributed by atoms with Gasteiger partial charge in [0.1, 0.15) is 11.5 Å². The highest BCUT2D eigenvalue weighted by Crippen LogP contribution is 2.28. The summed E-state index contributed by atoms with van der Waals surface area (Å²) in [5.74, 6) is -0.00824. The number of hydrogen-bond acceptors (Lipinski definition) is 3. The van der Waals surface area contributed by atoms with Crippen LogP contribution in [0.4, 0.5) is 0 Å². The summed E-state index contributed by atoms with van der Waals surface area (Å²) in [4.78, 5) is 27.4. The molecule has 2 N–H and O–H groups in total. The molecule has 0 saturated heterocycles. The zero-order valence-corrected chi connectivity index (χ0v) is 15.9. The van der Waals surface area contributed by atoms with Gasteiger partial charge in [-0.3, -0.25) is 9.59 Å². The van der Waals surface area contributed by atoms with Crippen LogP contribution in [0, 0.1) is 0 Å². The second kappa shape index (κ2) is 7.81. The number of carboxylic acids is 1. The van der Waals surface area contributed by atoms with Crippen LogP contribution < -0.4 is 4.74 Å². The minimum atomic E-state index is -1.01. The number of carbonyl (C=O) groups excluding carboxylic acids is 1. The number of para-hydroxylation sites is 1. The fourth-order valence-electron chi connectivity index (χ4n) is 3.20. The molecule has 0 aliphatic heterocycles. The van der Waals surface area contributed by atoms with Gasteiger partial charge in [0.2, 0.25) is 5.78 Å². The van der Waals surface area contributed by atoms with Crippen molar-refractivity contribution in [2.45, 2.75) is 6.42 Å². The third-order valence-electron chi connectivity index (χ3n) is 4.52. The van der Waals surface area contributed by atoms with Gasteiger partial charge < -0.3 is 14.8 Å². The Kier molecular flexibility index (Phi) is 5.06. The van der Waals surface area contributed by atoms with Gasteiger partial charge in [-0.25, -0.2) is 0 Å². The molecule has 4 rings (SSSR count). The lowest BCUT2D eigenvalue weighted by atomic mass is 10.0. The van der Waals surface area contributed by atoms with Crippen molar-refractivity contribution >= 4 is 34.3 Å². The maximum absolute atomic E-state index is 13.1. The van der Waals surface area contributed by atoms with Crippen molar-refractivity contribution in [3.63, 3.8) is 0 Å². The summed E-state index contributed by atoms with van der Waals surface area (Å²) in [6.07, 6.45) is -0.266. The van der Waals surface area contributed by atoms with Gasteiger partial charge in [0.25, 0.3) is 0 Å². The number of hydrogen-bond donors (Lipinski definition) is 2. The SMILES string of the molecule is O=C(O)Cc1c(C(=O)c2ccc(Oc3ccccc3)cc2)[nH]c2cc(Cl)ccc12. The lowest BCUT2D eigenvalue weighted by Crippen LogP contribution is -2.08. The quantitative estimate of drug-likeness (QED) is 0.417. The van der Waals surface area contributed by atoms with Crippen LogP contribution in [0.2, 0.25) is 5.02 Å². The fraction of sp³-hybridized carbons (Fsp3) is 0.0435. The number of aromatic amines is 1. The summed E-state index contributed by atoms with van der Waals surface area (Å²) >= 11 is 6.03. The molecule has 0 atom stereocenters. The molecule has 6 heteroatoms. The van der Waals surface area contributed by atoms with Crippen molar-refractivity contribution in [3.05, 3.63) is 94.6 Å². The molecular weight excluding hydrogens is 390 g/mol. The molecule has 0 radical (unpaired) electrons. The topological polar surface area (TPSA) is 79.4 Å². The Hall–Kier alpha value is -3.57. The van der Waals surface area contributed by atoms with Gasteiger partial charge >= 0.3 is 5.97 Å². The number of ketones is 1. The number of aromatic nitrogens is 1. The van der Waals surface area contributed by atoms with Crippen molar-refractivity contribution in [2.75, 3.05) is 0 Å². The van der Waals surface area contributed by atoms with Crippen LogP contribution >= 0.6 is 11.6 Å². The van der Waals surface area contributed by atoms with E-state index in [1.807, 2.05) is 30.3 Å². The summed E-state index contributed by atoms with van der Waals surface area (Å²) in [5.41, 5.74) is 1.75. The van der Waals surface area contributed by atoms with E-state index in [-0.39, 0.29) is 17.9 Å². The molecule has 0 aliphatic carbocycles. The molecule has 3 aromatic carbocycles. The molecule has 0 saturated carbocycles. The number of halogens is 1. The minimum Gasteiger partial charge on any atom is -0.481 e. The molecule has 0 fully saturated rings. The predicted octanol–water partition coefficient (Wildman–Crippen LogP) is 5.47. The molecule has 0 spiro atoms. The average Bonchev–Trinajstić information content (AvgIpc) is 3.05. The van der Waals surface area contributed by atoms with E-state index in [4.69, 9.17) is 16.3 Å². The summed E-state index contributed by atoms with van der Waals surface area (Å²) in [5, 5.41) is 10.5. The van der Waals surface area contributed by atoms with Gasteiger partial charge in [0, 0.05) is 27.1 Å². The van der Waals surface area contributed by atoms with Crippen LogP contribution in [0.15, 0.2) is 72.8 Å². The van der Waals surface area contributed by atoms with Crippen LogP contribution in [-0.2, 0) is 11.2 Å². The normalized spacial score (nSPS) is 10.8.